The van der Waals surface area contributed by atoms with Crippen molar-refractivity contribution in [2.45, 2.75) is 32.6 Å². The number of hydrogen-bond donors (Lipinski definition) is 2. The van der Waals surface area contributed by atoms with Gasteiger partial charge in [-0.2, -0.15) is 11.8 Å². The maximum Gasteiger partial charge on any atom is 0.326 e. The molecule has 0 unspecified atom stereocenters. The molecule has 20 heavy (non-hydrogen) atoms. The average molecular weight is 295 g/mol. The number of thioether (sulfide) groups is 1. The molecule has 0 aliphatic heterocycles. The zero-order chi connectivity index (χ0) is 15.3. The van der Waals surface area contributed by atoms with E-state index in [2.05, 4.69) is 5.32 Å². The van der Waals surface area contributed by atoms with Crippen molar-refractivity contribution in [3.63, 3.8) is 0 Å². The Balaban J connectivity index is 2.89. The summed E-state index contributed by atoms with van der Waals surface area (Å²) in [6.45, 7) is 5.36. The molecule has 0 spiro atoms. The van der Waals surface area contributed by atoms with E-state index < -0.39 is 17.4 Å². The Morgan fingerprint density at radius 1 is 1.35 bits per heavy atom. The van der Waals surface area contributed by atoms with Crippen LogP contribution in [-0.2, 0) is 10.5 Å². The van der Waals surface area contributed by atoms with Crippen molar-refractivity contribution >= 4 is 23.6 Å². The van der Waals surface area contributed by atoms with E-state index in [4.69, 9.17) is 0 Å². The summed E-state index contributed by atoms with van der Waals surface area (Å²) < 4.78 is 0. The second kappa shape index (κ2) is 6.79. The highest BCUT2D eigenvalue weighted by Gasteiger charge is 2.32. The molecule has 0 saturated heterocycles. The van der Waals surface area contributed by atoms with Gasteiger partial charge in [0.1, 0.15) is 6.04 Å². The number of nitrogens with one attached hydrogen (secondary N) is 1. The molecule has 1 rings (SSSR count). The molecule has 2 N–H and O–H groups in total. The zero-order valence-corrected chi connectivity index (χ0v) is 13.1. The van der Waals surface area contributed by atoms with Gasteiger partial charge in [-0.05, 0) is 29.4 Å². The van der Waals surface area contributed by atoms with Crippen molar-refractivity contribution in [1.82, 2.24) is 5.32 Å². The maximum atomic E-state index is 12.2. The number of hydrogen-bond acceptors (Lipinski definition) is 3. The molecule has 1 aromatic rings. The molecule has 0 heterocycles. The van der Waals surface area contributed by atoms with E-state index in [9.17, 15) is 14.7 Å². The number of carbonyl (C=O) groups excluding carboxylic acids is 1. The van der Waals surface area contributed by atoms with Crippen molar-refractivity contribution < 1.29 is 14.7 Å². The Labute approximate surface area is 124 Å². The largest absolute Gasteiger partial charge is 0.480 e. The van der Waals surface area contributed by atoms with Crippen LogP contribution in [0.1, 0.15) is 36.7 Å². The molecule has 0 aliphatic rings. The van der Waals surface area contributed by atoms with E-state index in [0.29, 0.717) is 5.56 Å². The highest BCUT2D eigenvalue weighted by atomic mass is 32.2. The minimum atomic E-state index is -1.02. The topological polar surface area (TPSA) is 66.4 Å². The van der Waals surface area contributed by atoms with E-state index in [1.807, 2.05) is 18.4 Å². The first-order chi connectivity index (χ1) is 9.25. The van der Waals surface area contributed by atoms with Crippen LogP contribution >= 0.6 is 11.8 Å². The number of benzene rings is 1. The van der Waals surface area contributed by atoms with E-state index in [-0.39, 0.29) is 5.91 Å². The monoisotopic (exact) mass is 295 g/mol. The second-order valence-electron chi connectivity index (χ2n) is 5.74. The molecular weight excluding hydrogens is 274 g/mol. The molecule has 0 saturated carbocycles. The Morgan fingerprint density at radius 2 is 2.00 bits per heavy atom. The van der Waals surface area contributed by atoms with Crippen molar-refractivity contribution in [2.24, 2.45) is 5.41 Å². The smallest absolute Gasteiger partial charge is 0.326 e. The number of amides is 1. The fourth-order valence-electron chi connectivity index (χ4n) is 1.83. The van der Waals surface area contributed by atoms with Crippen LogP contribution in [0.2, 0.25) is 0 Å². The number of carbonyl (C=O) groups is 2. The van der Waals surface area contributed by atoms with Crippen LogP contribution in [0.15, 0.2) is 24.3 Å². The molecule has 110 valence electrons. The normalized spacial score (nSPS) is 12.8. The lowest BCUT2D eigenvalue weighted by Crippen LogP contribution is -2.49. The molecule has 0 bridgehead atoms. The van der Waals surface area contributed by atoms with Gasteiger partial charge >= 0.3 is 5.97 Å². The van der Waals surface area contributed by atoms with Crippen LogP contribution in [0.3, 0.4) is 0 Å². The first-order valence-corrected chi connectivity index (χ1v) is 7.76. The van der Waals surface area contributed by atoms with Gasteiger partial charge in [-0.25, -0.2) is 4.79 Å². The standard InChI is InChI=1S/C15H21NO3S/c1-15(2,3)12(14(18)19)16-13(17)11-7-5-6-10(8-11)9-20-4/h5-8,12H,9H2,1-4H3,(H,16,17)(H,18,19)/t12-/m1/s1. The zero-order valence-electron chi connectivity index (χ0n) is 12.3. The first-order valence-electron chi connectivity index (χ1n) is 6.37. The Kier molecular flexibility index (Phi) is 5.62. The summed E-state index contributed by atoms with van der Waals surface area (Å²) in [5.74, 6) is -0.552. The number of carboxylic acid groups (broad SMARTS) is 1. The van der Waals surface area contributed by atoms with Crippen LogP contribution in [0.4, 0.5) is 0 Å². The summed E-state index contributed by atoms with van der Waals surface area (Å²) in [6, 6.07) is 6.34. The summed E-state index contributed by atoms with van der Waals surface area (Å²) in [7, 11) is 0. The third-order valence-corrected chi connectivity index (χ3v) is 3.51. The second-order valence-corrected chi connectivity index (χ2v) is 6.61. The molecule has 0 aromatic heterocycles. The van der Waals surface area contributed by atoms with Gasteiger partial charge in [0.05, 0.1) is 0 Å². The van der Waals surface area contributed by atoms with Gasteiger partial charge in [0.25, 0.3) is 5.91 Å². The summed E-state index contributed by atoms with van der Waals surface area (Å²) >= 11 is 1.67. The third kappa shape index (κ3) is 4.56. The number of carboxylic acids is 1. The molecule has 0 aliphatic carbocycles. The van der Waals surface area contributed by atoms with Crippen molar-refractivity contribution in [2.75, 3.05) is 6.26 Å². The van der Waals surface area contributed by atoms with Gasteiger partial charge in [0.15, 0.2) is 0 Å². The molecule has 4 nitrogen and oxygen atoms in total. The highest BCUT2D eigenvalue weighted by Crippen LogP contribution is 2.20. The lowest BCUT2D eigenvalue weighted by molar-refractivity contribution is -0.142. The Hall–Kier alpha value is -1.49. The first kappa shape index (κ1) is 16.6. The maximum absolute atomic E-state index is 12.2. The van der Waals surface area contributed by atoms with Gasteiger partial charge in [-0.3, -0.25) is 4.79 Å². The van der Waals surface area contributed by atoms with Gasteiger partial charge in [-0.1, -0.05) is 32.9 Å². The van der Waals surface area contributed by atoms with Crippen LogP contribution in [0.5, 0.6) is 0 Å². The van der Waals surface area contributed by atoms with Crippen molar-refractivity contribution in [3.05, 3.63) is 35.4 Å². The van der Waals surface area contributed by atoms with Crippen molar-refractivity contribution in [1.29, 1.82) is 0 Å². The van der Waals surface area contributed by atoms with Crippen LogP contribution in [-0.4, -0.2) is 29.3 Å². The van der Waals surface area contributed by atoms with E-state index in [0.717, 1.165) is 11.3 Å². The Bertz CT molecular complexity index is 494. The summed E-state index contributed by atoms with van der Waals surface area (Å²) in [4.78, 5) is 23.4. The molecule has 0 fully saturated rings. The van der Waals surface area contributed by atoms with Crippen molar-refractivity contribution in [3.8, 4) is 0 Å². The molecule has 0 radical (unpaired) electrons. The lowest BCUT2D eigenvalue weighted by Gasteiger charge is -2.27. The molecular formula is C15H21NO3S. The fourth-order valence-corrected chi connectivity index (χ4v) is 2.35. The third-order valence-electron chi connectivity index (χ3n) is 2.89. The van der Waals surface area contributed by atoms with Gasteiger partial charge in [-0.15, -0.1) is 0 Å². The predicted octanol–water partition coefficient (Wildman–Crippen LogP) is 2.78. The summed E-state index contributed by atoms with van der Waals surface area (Å²) in [5.41, 5.74) is 0.998. The predicted molar refractivity (Wildman–Crippen MR) is 82.0 cm³/mol. The summed E-state index contributed by atoms with van der Waals surface area (Å²) in [5, 5.41) is 11.8. The highest BCUT2D eigenvalue weighted by molar-refractivity contribution is 7.97. The minimum absolute atomic E-state index is 0.352. The minimum Gasteiger partial charge on any atom is -0.480 e. The van der Waals surface area contributed by atoms with Crippen LogP contribution < -0.4 is 5.32 Å². The number of rotatable bonds is 5. The van der Waals surface area contributed by atoms with E-state index >= 15 is 0 Å². The Morgan fingerprint density at radius 3 is 2.50 bits per heavy atom. The molecule has 1 atom stereocenters. The molecule has 5 heteroatoms. The SMILES string of the molecule is CSCc1cccc(C(=O)N[C@H](C(=O)O)C(C)(C)C)c1. The van der Waals surface area contributed by atoms with Crippen LogP contribution in [0, 0.1) is 5.41 Å². The summed E-state index contributed by atoms with van der Waals surface area (Å²) in [6.07, 6.45) is 1.99. The molecule has 1 amide bonds. The van der Waals surface area contributed by atoms with Gasteiger partial charge < -0.3 is 10.4 Å². The van der Waals surface area contributed by atoms with Crippen LogP contribution in [0.25, 0.3) is 0 Å². The molecule has 1 aromatic carbocycles. The lowest BCUT2D eigenvalue weighted by atomic mass is 9.86. The van der Waals surface area contributed by atoms with E-state index in [1.54, 1.807) is 44.7 Å². The fraction of sp³-hybridized carbons (Fsp3) is 0.467. The van der Waals surface area contributed by atoms with Gasteiger partial charge in [0.2, 0.25) is 0 Å². The van der Waals surface area contributed by atoms with E-state index in [1.165, 1.54) is 0 Å². The van der Waals surface area contributed by atoms with Gasteiger partial charge in [0, 0.05) is 11.3 Å². The number of aliphatic carboxylic acids is 1. The average Bonchev–Trinajstić information content (AvgIpc) is 2.34. The quantitative estimate of drug-likeness (QED) is 0.876.